The van der Waals surface area contributed by atoms with Crippen LogP contribution in [-0.4, -0.2) is 40.2 Å². The van der Waals surface area contributed by atoms with Crippen LogP contribution in [0.5, 0.6) is 0 Å². The Balaban J connectivity index is 2.48. The van der Waals surface area contributed by atoms with E-state index in [0.717, 1.165) is 0 Å². The first kappa shape index (κ1) is 14.0. The maximum atomic E-state index is 11.5. The Hall–Kier alpha value is -1.07. The van der Waals surface area contributed by atoms with E-state index >= 15 is 0 Å². The molecular weight excluding hydrogens is 222 g/mol. The summed E-state index contributed by atoms with van der Waals surface area (Å²) >= 11 is 0. The molecule has 3 N–H and O–H groups in total. The number of hydrogen-bond donors (Lipinski definition) is 3. The van der Waals surface area contributed by atoms with Crippen molar-refractivity contribution < 1.29 is 19.7 Å². The van der Waals surface area contributed by atoms with Crippen LogP contribution in [0.2, 0.25) is 0 Å². The molecule has 5 heteroatoms. The van der Waals surface area contributed by atoms with Gasteiger partial charge in [0.15, 0.2) is 0 Å². The lowest BCUT2D eigenvalue weighted by molar-refractivity contribution is 0.0478. The number of hydrogen-bond acceptors (Lipinski definition) is 4. The van der Waals surface area contributed by atoms with Gasteiger partial charge in [-0.25, -0.2) is 4.79 Å². The fourth-order valence-electron chi connectivity index (χ4n) is 1.68. The van der Waals surface area contributed by atoms with Gasteiger partial charge in [-0.05, 0) is 33.6 Å². The summed E-state index contributed by atoms with van der Waals surface area (Å²) in [4.78, 5) is 11.5. The molecule has 0 aromatic rings. The lowest BCUT2D eigenvalue weighted by Gasteiger charge is -2.24. The topological polar surface area (TPSA) is 78.8 Å². The second-order valence-electron chi connectivity index (χ2n) is 5.33. The molecule has 0 aliphatic heterocycles. The summed E-state index contributed by atoms with van der Waals surface area (Å²) < 4.78 is 5.12. The van der Waals surface area contributed by atoms with Crippen LogP contribution in [0.3, 0.4) is 0 Å². The normalized spacial score (nSPS) is 29.6. The van der Waals surface area contributed by atoms with E-state index in [4.69, 9.17) is 4.74 Å². The highest BCUT2D eigenvalue weighted by molar-refractivity contribution is 5.68. The van der Waals surface area contributed by atoms with E-state index < -0.39 is 23.9 Å². The first-order valence-electron chi connectivity index (χ1n) is 5.80. The number of carbonyl (C=O) groups is 1. The third-order valence-electron chi connectivity index (χ3n) is 2.33. The van der Waals surface area contributed by atoms with Crippen molar-refractivity contribution in [1.82, 2.24) is 5.32 Å². The first-order valence-corrected chi connectivity index (χ1v) is 5.80. The number of nitrogens with one attached hydrogen (secondary N) is 1. The monoisotopic (exact) mass is 243 g/mol. The van der Waals surface area contributed by atoms with Crippen molar-refractivity contribution in [1.29, 1.82) is 0 Å². The first-order chi connectivity index (χ1) is 7.76. The van der Waals surface area contributed by atoms with E-state index in [9.17, 15) is 15.0 Å². The number of ether oxygens (including phenoxy) is 1. The van der Waals surface area contributed by atoms with Gasteiger partial charge >= 0.3 is 6.09 Å². The van der Waals surface area contributed by atoms with Crippen molar-refractivity contribution in [2.24, 2.45) is 0 Å². The summed E-state index contributed by atoms with van der Waals surface area (Å²) in [6.45, 7) is 5.35. The predicted molar refractivity (Wildman–Crippen MR) is 63.5 cm³/mol. The van der Waals surface area contributed by atoms with Crippen molar-refractivity contribution in [2.45, 2.75) is 57.5 Å². The molecule has 2 atom stereocenters. The highest BCUT2D eigenvalue weighted by atomic mass is 16.6. The molecule has 0 fully saturated rings. The van der Waals surface area contributed by atoms with Crippen LogP contribution < -0.4 is 5.32 Å². The highest BCUT2D eigenvalue weighted by Gasteiger charge is 2.24. The molecule has 0 saturated heterocycles. The highest BCUT2D eigenvalue weighted by Crippen LogP contribution is 2.14. The van der Waals surface area contributed by atoms with Crippen molar-refractivity contribution in [3.8, 4) is 0 Å². The van der Waals surface area contributed by atoms with E-state index in [1.165, 1.54) is 0 Å². The van der Waals surface area contributed by atoms with Crippen molar-refractivity contribution in [3.05, 3.63) is 12.2 Å². The minimum Gasteiger partial charge on any atom is -0.444 e. The molecule has 98 valence electrons. The molecule has 1 amide bonds. The van der Waals surface area contributed by atoms with E-state index in [1.54, 1.807) is 32.9 Å². The van der Waals surface area contributed by atoms with Crippen LogP contribution in [0.4, 0.5) is 4.79 Å². The van der Waals surface area contributed by atoms with Gasteiger partial charge in [0, 0.05) is 6.04 Å². The minimum absolute atomic E-state index is 0.287. The molecule has 17 heavy (non-hydrogen) atoms. The van der Waals surface area contributed by atoms with Gasteiger partial charge in [-0.15, -0.1) is 0 Å². The molecule has 0 bridgehead atoms. The van der Waals surface area contributed by atoms with Crippen molar-refractivity contribution >= 4 is 6.09 Å². The van der Waals surface area contributed by atoms with E-state index in [-0.39, 0.29) is 6.04 Å². The number of carbonyl (C=O) groups excluding carboxylic acids is 1. The smallest absolute Gasteiger partial charge is 0.407 e. The zero-order valence-corrected chi connectivity index (χ0v) is 10.5. The summed E-state index contributed by atoms with van der Waals surface area (Å²) in [7, 11) is 0. The molecule has 0 saturated carbocycles. The third kappa shape index (κ3) is 5.70. The Kier molecular flexibility index (Phi) is 4.54. The molecule has 1 rings (SSSR count). The summed E-state index contributed by atoms with van der Waals surface area (Å²) in [5.41, 5.74) is -0.551. The van der Waals surface area contributed by atoms with E-state index in [1.807, 2.05) is 0 Å². The zero-order valence-electron chi connectivity index (χ0n) is 10.5. The largest absolute Gasteiger partial charge is 0.444 e. The number of aliphatic hydroxyl groups is 2. The summed E-state index contributed by atoms with van der Waals surface area (Å²) in [5.74, 6) is 0. The molecule has 0 spiro atoms. The average molecular weight is 243 g/mol. The van der Waals surface area contributed by atoms with Crippen LogP contribution in [0, 0.1) is 0 Å². The summed E-state index contributed by atoms with van der Waals surface area (Å²) in [6.07, 6.45) is 2.03. The van der Waals surface area contributed by atoms with Gasteiger partial charge in [-0.3, -0.25) is 0 Å². The van der Waals surface area contributed by atoms with Crippen molar-refractivity contribution in [3.63, 3.8) is 0 Å². The number of alkyl carbamates (subject to hydrolysis) is 1. The molecule has 2 unspecified atom stereocenters. The fourth-order valence-corrected chi connectivity index (χ4v) is 1.68. The fraction of sp³-hybridized carbons (Fsp3) is 0.750. The van der Waals surface area contributed by atoms with Gasteiger partial charge in [0.2, 0.25) is 0 Å². The summed E-state index contributed by atoms with van der Waals surface area (Å²) in [6, 6.07) is -0.287. The molecule has 1 aliphatic rings. The van der Waals surface area contributed by atoms with Gasteiger partial charge in [0.05, 0.1) is 12.2 Å². The lowest BCUT2D eigenvalue weighted by atomic mass is 10.1. The van der Waals surface area contributed by atoms with Crippen LogP contribution in [0.1, 0.15) is 33.6 Å². The molecule has 0 aromatic heterocycles. The van der Waals surface area contributed by atoms with Crippen molar-refractivity contribution in [2.75, 3.05) is 0 Å². The number of rotatable bonds is 1. The number of aliphatic hydroxyl groups excluding tert-OH is 2. The quantitative estimate of drug-likeness (QED) is 0.599. The van der Waals surface area contributed by atoms with E-state index in [2.05, 4.69) is 5.32 Å². The Labute approximate surface area is 101 Å². The van der Waals surface area contributed by atoms with Crippen LogP contribution in [-0.2, 0) is 4.74 Å². The Morgan fingerprint density at radius 1 is 1.24 bits per heavy atom. The van der Waals surface area contributed by atoms with Gasteiger partial charge in [-0.2, -0.15) is 0 Å². The maximum Gasteiger partial charge on any atom is 0.407 e. The minimum atomic E-state index is -0.646. The second-order valence-corrected chi connectivity index (χ2v) is 5.33. The Bertz CT molecular complexity index is 281. The molecule has 0 radical (unpaired) electrons. The SMILES string of the molecule is CC(C)(C)OC(=O)NC1CC(O)C=CC(O)C1. The molecule has 1 aliphatic carbocycles. The predicted octanol–water partition coefficient (Wildman–Crippen LogP) is 0.952. The molecule has 5 nitrogen and oxygen atoms in total. The molecule has 0 aromatic carbocycles. The van der Waals surface area contributed by atoms with Gasteiger partial charge in [0.25, 0.3) is 0 Å². The van der Waals surface area contributed by atoms with E-state index in [0.29, 0.717) is 12.8 Å². The average Bonchev–Trinajstić information content (AvgIpc) is 2.24. The summed E-state index contributed by atoms with van der Waals surface area (Å²) in [5, 5.41) is 21.7. The number of amides is 1. The maximum absolute atomic E-state index is 11.5. The molecular formula is C12H21NO4. The Morgan fingerprint density at radius 3 is 2.12 bits per heavy atom. The third-order valence-corrected chi connectivity index (χ3v) is 2.33. The lowest BCUT2D eigenvalue weighted by Crippen LogP contribution is -2.41. The standard InChI is InChI=1S/C12H21NO4/c1-12(2,3)17-11(16)13-8-6-9(14)4-5-10(15)7-8/h4-5,8-10,14-15H,6-7H2,1-3H3,(H,13,16). The van der Waals surface area contributed by atoms with Crippen LogP contribution in [0.15, 0.2) is 12.2 Å². The Morgan fingerprint density at radius 2 is 1.71 bits per heavy atom. The van der Waals surface area contributed by atoms with Gasteiger partial charge in [-0.1, -0.05) is 12.2 Å². The zero-order chi connectivity index (χ0) is 13.1. The van der Waals surface area contributed by atoms with Crippen LogP contribution >= 0.6 is 0 Å². The second kappa shape index (κ2) is 5.51. The van der Waals surface area contributed by atoms with Crippen LogP contribution in [0.25, 0.3) is 0 Å². The van der Waals surface area contributed by atoms with Gasteiger partial charge < -0.3 is 20.3 Å². The van der Waals surface area contributed by atoms with Gasteiger partial charge in [0.1, 0.15) is 5.60 Å². The molecule has 0 heterocycles.